The molecule has 0 fully saturated rings. The van der Waals surface area contributed by atoms with Crippen molar-refractivity contribution in [1.29, 1.82) is 0 Å². The highest BCUT2D eigenvalue weighted by atomic mass is 16.2. The predicted octanol–water partition coefficient (Wildman–Crippen LogP) is 0.0392. The second kappa shape index (κ2) is 7.76. The average Bonchev–Trinajstić information content (AvgIpc) is 2.11. The van der Waals surface area contributed by atoms with Crippen LogP contribution in [-0.4, -0.2) is 44.0 Å². The normalized spacial score (nSPS) is 11.0. The van der Waals surface area contributed by atoms with Gasteiger partial charge in [-0.1, -0.05) is 13.8 Å². The van der Waals surface area contributed by atoms with E-state index in [1.54, 1.807) is 0 Å². The molecule has 0 atom stereocenters. The third-order valence-electron chi connectivity index (χ3n) is 1.97. The van der Waals surface area contributed by atoms with E-state index in [0.717, 1.165) is 13.0 Å². The van der Waals surface area contributed by atoms with Crippen LogP contribution >= 0.6 is 0 Å². The molecule has 3 N–H and O–H groups in total. The molecule has 0 aliphatic rings. The molecule has 0 spiro atoms. The summed E-state index contributed by atoms with van der Waals surface area (Å²) in [6.45, 7) is 6.86. The van der Waals surface area contributed by atoms with Crippen molar-refractivity contribution >= 4 is 5.91 Å². The molecule has 14 heavy (non-hydrogen) atoms. The number of carbonyl (C=O) groups is 1. The van der Waals surface area contributed by atoms with Gasteiger partial charge in [0.1, 0.15) is 0 Å². The van der Waals surface area contributed by atoms with Crippen LogP contribution in [0.25, 0.3) is 0 Å². The lowest BCUT2D eigenvalue weighted by Crippen LogP contribution is -2.37. The highest BCUT2D eigenvalue weighted by Gasteiger charge is 2.05. The van der Waals surface area contributed by atoms with Crippen LogP contribution < -0.4 is 11.1 Å². The van der Waals surface area contributed by atoms with Gasteiger partial charge in [-0.2, -0.15) is 0 Å². The minimum atomic E-state index is 0.0571. The summed E-state index contributed by atoms with van der Waals surface area (Å²) in [5.41, 5.74) is 5.28. The monoisotopic (exact) mass is 201 g/mol. The molecule has 0 aromatic heterocycles. The van der Waals surface area contributed by atoms with E-state index in [2.05, 4.69) is 19.2 Å². The lowest BCUT2D eigenvalue weighted by atomic mass is 10.1. The highest BCUT2D eigenvalue weighted by Crippen LogP contribution is 1.99. The molecule has 0 aromatic carbocycles. The second-order valence-corrected chi connectivity index (χ2v) is 4.06. The average molecular weight is 201 g/mol. The Balaban J connectivity index is 3.50. The van der Waals surface area contributed by atoms with Crippen molar-refractivity contribution in [2.75, 3.05) is 33.2 Å². The van der Waals surface area contributed by atoms with Crippen LogP contribution in [0.5, 0.6) is 0 Å². The Kier molecular flexibility index (Phi) is 7.42. The topological polar surface area (TPSA) is 58.4 Å². The van der Waals surface area contributed by atoms with Gasteiger partial charge in [0.05, 0.1) is 6.54 Å². The summed E-state index contributed by atoms with van der Waals surface area (Å²) in [7, 11) is 1.96. The van der Waals surface area contributed by atoms with Gasteiger partial charge in [0.15, 0.2) is 0 Å². The van der Waals surface area contributed by atoms with E-state index in [0.29, 0.717) is 25.6 Å². The van der Waals surface area contributed by atoms with E-state index < -0.39 is 0 Å². The zero-order valence-electron chi connectivity index (χ0n) is 9.55. The number of nitrogens with one attached hydrogen (secondary N) is 1. The molecule has 0 aliphatic carbocycles. The minimum Gasteiger partial charge on any atom is -0.354 e. The van der Waals surface area contributed by atoms with Crippen molar-refractivity contribution in [3.63, 3.8) is 0 Å². The Hall–Kier alpha value is -0.610. The summed E-state index contributed by atoms with van der Waals surface area (Å²) >= 11 is 0. The summed E-state index contributed by atoms with van der Waals surface area (Å²) < 4.78 is 0. The number of amides is 1. The molecule has 0 aliphatic heterocycles. The maximum Gasteiger partial charge on any atom is 0.234 e. The van der Waals surface area contributed by atoms with E-state index in [4.69, 9.17) is 5.73 Å². The standard InChI is InChI=1S/C10H23N3O/c1-9(2)4-7-13(3)8-10(14)12-6-5-11/h9H,4-8,11H2,1-3H3,(H,12,14). The Bertz CT molecular complexity index is 159. The first-order valence-corrected chi connectivity index (χ1v) is 5.21. The maximum absolute atomic E-state index is 11.2. The molecule has 0 heterocycles. The van der Waals surface area contributed by atoms with Gasteiger partial charge in [-0.05, 0) is 25.9 Å². The third kappa shape index (κ3) is 8.01. The first-order chi connectivity index (χ1) is 6.56. The van der Waals surface area contributed by atoms with Gasteiger partial charge in [0.25, 0.3) is 0 Å². The van der Waals surface area contributed by atoms with E-state index in [1.807, 2.05) is 11.9 Å². The Morgan fingerprint density at radius 1 is 1.50 bits per heavy atom. The lowest BCUT2D eigenvalue weighted by Gasteiger charge is -2.17. The van der Waals surface area contributed by atoms with Crippen molar-refractivity contribution in [2.45, 2.75) is 20.3 Å². The van der Waals surface area contributed by atoms with Gasteiger partial charge >= 0.3 is 0 Å². The predicted molar refractivity (Wildman–Crippen MR) is 59.0 cm³/mol. The van der Waals surface area contributed by atoms with Crippen molar-refractivity contribution < 1.29 is 4.79 Å². The number of likely N-dealkylation sites (N-methyl/N-ethyl adjacent to an activating group) is 1. The zero-order chi connectivity index (χ0) is 11.0. The molecule has 0 bridgehead atoms. The first kappa shape index (κ1) is 13.4. The Labute approximate surface area is 86.8 Å². The van der Waals surface area contributed by atoms with Crippen molar-refractivity contribution in [3.8, 4) is 0 Å². The van der Waals surface area contributed by atoms with Crippen LogP contribution in [0, 0.1) is 5.92 Å². The highest BCUT2D eigenvalue weighted by molar-refractivity contribution is 5.77. The van der Waals surface area contributed by atoms with Gasteiger partial charge in [0.2, 0.25) is 5.91 Å². The number of rotatable bonds is 7. The number of hydrogen-bond donors (Lipinski definition) is 2. The Morgan fingerprint density at radius 2 is 2.14 bits per heavy atom. The number of hydrogen-bond acceptors (Lipinski definition) is 3. The van der Waals surface area contributed by atoms with E-state index in [-0.39, 0.29) is 5.91 Å². The van der Waals surface area contributed by atoms with Crippen molar-refractivity contribution in [2.24, 2.45) is 11.7 Å². The van der Waals surface area contributed by atoms with Crippen LogP contribution in [0.2, 0.25) is 0 Å². The number of nitrogens with zero attached hydrogens (tertiary/aromatic N) is 1. The van der Waals surface area contributed by atoms with Crippen molar-refractivity contribution in [1.82, 2.24) is 10.2 Å². The van der Waals surface area contributed by atoms with E-state index >= 15 is 0 Å². The fourth-order valence-electron chi connectivity index (χ4n) is 1.07. The molecular weight excluding hydrogens is 178 g/mol. The molecule has 0 radical (unpaired) electrons. The molecule has 0 unspecified atom stereocenters. The Morgan fingerprint density at radius 3 is 2.64 bits per heavy atom. The number of carbonyl (C=O) groups excluding carboxylic acids is 1. The van der Waals surface area contributed by atoms with Crippen LogP contribution in [0.15, 0.2) is 0 Å². The summed E-state index contributed by atoms with van der Waals surface area (Å²) in [6, 6.07) is 0. The molecule has 84 valence electrons. The molecule has 0 aromatic rings. The summed E-state index contributed by atoms with van der Waals surface area (Å²) in [5, 5.41) is 2.75. The molecule has 0 saturated carbocycles. The molecule has 4 nitrogen and oxygen atoms in total. The van der Waals surface area contributed by atoms with Crippen molar-refractivity contribution in [3.05, 3.63) is 0 Å². The molecule has 0 saturated heterocycles. The molecule has 1 amide bonds. The fraction of sp³-hybridized carbons (Fsp3) is 0.900. The van der Waals surface area contributed by atoms with Crippen LogP contribution in [0.3, 0.4) is 0 Å². The minimum absolute atomic E-state index is 0.0571. The van der Waals surface area contributed by atoms with E-state index in [1.165, 1.54) is 0 Å². The first-order valence-electron chi connectivity index (χ1n) is 5.21. The van der Waals surface area contributed by atoms with Gasteiger partial charge < -0.3 is 11.1 Å². The lowest BCUT2D eigenvalue weighted by molar-refractivity contribution is -0.121. The molecule has 0 rings (SSSR count). The number of nitrogens with two attached hydrogens (primary N) is 1. The second-order valence-electron chi connectivity index (χ2n) is 4.06. The van der Waals surface area contributed by atoms with Crippen LogP contribution in [0.4, 0.5) is 0 Å². The summed E-state index contributed by atoms with van der Waals surface area (Å²) in [5.74, 6) is 0.742. The third-order valence-corrected chi connectivity index (χ3v) is 1.97. The van der Waals surface area contributed by atoms with Gasteiger partial charge in [-0.15, -0.1) is 0 Å². The SMILES string of the molecule is CC(C)CCN(C)CC(=O)NCCN. The van der Waals surface area contributed by atoms with E-state index in [9.17, 15) is 4.79 Å². The largest absolute Gasteiger partial charge is 0.354 e. The maximum atomic E-state index is 11.2. The molecular formula is C10H23N3O. The summed E-state index contributed by atoms with van der Waals surface area (Å²) in [4.78, 5) is 13.3. The van der Waals surface area contributed by atoms with Gasteiger partial charge in [-0.25, -0.2) is 0 Å². The zero-order valence-corrected chi connectivity index (χ0v) is 9.55. The fourth-order valence-corrected chi connectivity index (χ4v) is 1.07. The van der Waals surface area contributed by atoms with Crippen LogP contribution in [0.1, 0.15) is 20.3 Å². The quantitative estimate of drug-likeness (QED) is 0.611. The summed E-state index contributed by atoms with van der Waals surface area (Å²) in [6.07, 6.45) is 1.13. The molecule has 4 heteroatoms. The van der Waals surface area contributed by atoms with Gasteiger partial charge in [-0.3, -0.25) is 9.69 Å². The van der Waals surface area contributed by atoms with Crippen LogP contribution in [-0.2, 0) is 4.79 Å². The van der Waals surface area contributed by atoms with Gasteiger partial charge in [0, 0.05) is 13.1 Å². The smallest absolute Gasteiger partial charge is 0.234 e.